The van der Waals surface area contributed by atoms with E-state index in [2.05, 4.69) is 16.6 Å². The molecule has 2 N–H and O–H groups in total. The second-order valence-corrected chi connectivity index (χ2v) is 6.67. The number of benzene rings is 1. The number of rotatable bonds is 4. The molecule has 1 aromatic heterocycles. The van der Waals surface area contributed by atoms with Crippen molar-refractivity contribution in [2.45, 2.75) is 44.6 Å². The van der Waals surface area contributed by atoms with Crippen molar-refractivity contribution >= 4 is 33.4 Å². The zero-order valence-corrected chi connectivity index (χ0v) is 12.9. The Morgan fingerprint density at radius 1 is 1.43 bits per heavy atom. The van der Waals surface area contributed by atoms with Crippen molar-refractivity contribution in [1.82, 2.24) is 4.37 Å². The summed E-state index contributed by atoms with van der Waals surface area (Å²) in [5.41, 5.74) is 0.0915. The van der Waals surface area contributed by atoms with Gasteiger partial charge in [-0.1, -0.05) is 25.5 Å². The summed E-state index contributed by atoms with van der Waals surface area (Å²) in [6.45, 7) is 2.18. The molecule has 1 aliphatic carbocycles. The van der Waals surface area contributed by atoms with Crippen LogP contribution in [0.1, 0.15) is 39.0 Å². The molecule has 0 bridgehead atoms. The number of carbonyl (C=O) groups is 1. The lowest BCUT2D eigenvalue weighted by molar-refractivity contribution is -0.143. The third-order valence-electron chi connectivity index (χ3n) is 4.68. The van der Waals surface area contributed by atoms with Crippen molar-refractivity contribution in [2.24, 2.45) is 5.92 Å². The van der Waals surface area contributed by atoms with Crippen LogP contribution in [0.3, 0.4) is 0 Å². The summed E-state index contributed by atoms with van der Waals surface area (Å²) in [6, 6.07) is 7.86. The van der Waals surface area contributed by atoms with E-state index in [1.807, 2.05) is 24.3 Å². The number of nitrogens with zero attached hydrogens (tertiary/aromatic N) is 1. The molecule has 1 fully saturated rings. The maximum Gasteiger partial charge on any atom is 0.329 e. The Morgan fingerprint density at radius 3 is 2.81 bits per heavy atom. The van der Waals surface area contributed by atoms with Crippen LogP contribution < -0.4 is 5.32 Å². The van der Waals surface area contributed by atoms with Gasteiger partial charge >= 0.3 is 5.97 Å². The predicted molar refractivity (Wildman–Crippen MR) is 85.9 cm³/mol. The third-order valence-corrected chi connectivity index (χ3v) is 5.47. The number of carboxylic acids is 1. The zero-order valence-electron chi connectivity index (χ0n) is 12.1. The first-order chi connectivity index (χ1) is 10.1. The lowest BCUT2D eigenvalue weighted by Crippen LogP contribution is -2.48. The van der Waals surface area contributed by atoms with Crippen LogP contribution in [0.2, 0.25) is 0 Å². The maximum absolute atomic E-state index is 11.9. The first-order valence-corrected chi connectivity index (χ1v) is 8.28. The summed E-state index contributed by atoms with van der Waals surface area (Å²) in [4.78, 5) is 11.9. The fraction of sp³-hybridized carbons (Fsp3) is 0.500. The number of hydrogen-bond donors (Lipinski definition) is 2. The molecule has 1 heterocycles. The number of anilines is 1. The number of nitrogens with one attached hydrogen (secondary N) is 1. The van der Waals surface area contributed by atoms with Crippen molar-refractivity contribution < 1.29 is 9.90 Å². The van der Waals surface area contributed by atoms with Crippen molar-refractivity contribution in [2.75, 3.05) is 5.32 Å². The van der Waals surface area contributed by atoms with Crippen molar-refractivity contribution in [3.05, 3.63) is 24.3 Å². The number of hydrogen-bond acceptors (Lipinski definition) is 4. The van der Waals surface area contributed by atoms with Crippen LogP contribution in [0, 0.1) is 5.92 Å². The molecule has 4 nitrogen and oxygen atoms in total. The molecule has 21 heavy (non-hydrogen) atoms. The average molecular weight is 304 g/mol. The van der Waals surface area contributed by atoms with Gasteiger partial charge in [-0.2, -0.15) is 4.37 Å². The summed E-state index contributed by atoms with van der Waals surface area (Å²) in [6.07, 6.45) is 4.47. The van der Waals surface area contributed by atoms with Crippen molar-refractivity contribution in [3.8, 4) is 0 Å². The maximum atomic E-state index is 11.9. The third kappa shape index (κ3) is 2.62. The highest BCUT2D eigenvalue weighted by molar-refractivity contribution is 7.11. The van der Waals surface area contributed by atoms with E-state index in [1.54, 1.807) is 0 Å². The SMILES string of the molecule is CCC1CCC(Nc2snc3ccccc23)(C(=O)O)CC1. The van der Waals surface area contributed by atoms with Gasteiger partial charge in [-0.15, -0.1) is 0 Å². The highest BCUT2D eigenvalue weighted by Gasteiger charge is 2.42. The van der Waals surface area contributed by atoms with Crippen molar-refractivity contribution in [1.29, 1.82) is 0 Å². The summed E-state index contributed by atoms with van der Waals surface area (Å²) in [5.74, 6) is -0.0768. The van der Waals surface area contributed by atoms with E-state index >= 15 is 0 Å². The zero-order chi connectivity index (χ0) is 14.9. The van der Waals surface area contributed by atoms with Crippen LogP contribution >= 0.6 is 11.5 Å². The minimum absolute atomic E-state index is 0.664. The molecular formula is C16H20N2O2S. The molecule has 0 spiro atoms. The van der Waals surface area contributed by atoms with E-state index in [1.165, 1.54) is 11.5 Å². The quantitative estimate of drug-likeness (QED) is 0.891. The van der Waals surface area contributed by atoms with Crippen LogP contribution in [-0.2, 0) is 4.79 Å². The lowest BCUT2D eigenvalue weighted by Gasteiger charge is -2.37. The smallest absolute Gasteiger partial charge is 0.329 e. The first-order valence-electron chi connectivity index (χ1n) is 7.50. The van der Waals surface area contributed by atoms with Gasteiger partial charge in [0.05, 0.1) is 5.52 Å². The standard InChI is InChI=1S/C16H20N2O2S/c1-2-11-7-9-16(10-8-11,15(19)20)17-14-12-5-3-4-6-13(12)18-21-14/h3-6,11,17H,2,7-10H2,1H3,(H,19,20). The van der Waals surface area contributed by atoms with Gasteiger partial charge in [0.1, 0.15) is 10.5 Å². The Balaban J connectivity index is 1.88. The normalized spacial score (nSPS) is 25.9. The Hall–Kier alpha value is -1.62. The van der Waals surface area contributed by atoms with Crippen LogP contribution in [0.25, 0.3) is 10.9 Å². The van der Waals surface area contributed by atoms with Gasteiger partial charge in [0.15, 0.2) is 0 Å². The van der Waals surface area contributed by atoms with Gasteiger partial charge in [0, 0.05) is 5.39 Å². The molecule has 5 heteroatoms. The molecule has 1 saturated carbocycles. The van der Waals surface area contributed by atoms with Crippen LogP contribution in [0.5, 0.6) is 0 Å². The van der Waals surface area contributed by atoms with E-state index in [9.17, 15) is 9.90 Å². The lowest BCUT2D eigenvalue weighted by atomic mass is 9.75. The number of fused-ring (bicyclic) bond motifs is 1. The van der Waals surface area contributed by atoms with E-state index in [4.69, 9.17) is 0 Å². The highest BCUT2D eigenvalue weighted by atomic mass is 32.1. The summed E-state index contributed by atoms with van der Waals surface area (Å²) in [5, 5.41) is 15.0. The molecule has 0 radical (unpaired) electrons. The molecule has 1 aliphatic rings. The second-order valence-electron chi connectivity index (χ2n) is 5.89. The molecule has 0 aliphatic heterocycles. The molecule has 0 amide bonds. The van der Waals surface area contributed by atoms with E-state index < -0.39 is 11.5 Å². The average Bonchev–Trinajstić information content (AvgIpc) is 2.91. The molecule has 2 aromatic rings. The van der Waals surface area contributed by atoms with Gasteiger partial charge in [-0.05, 0) is 55.3 Å². The molecule has 0 saturated heterocycles. The van der Waals surface area contributed by atoms with Crippen LogP contribution in [0.15, 0.2) is 24.3 Å². The van der Waals surface area contributed by atoms with Gasteiger partial charge in [0.25, 0.3) is 0 Å². The molecule has 3 rings (SSSR count). The summed E-state index contributed by atoms with van der Waals surface area (Å²) >= 11 is 1.35. The predicted octanol–water partition coefficient (Wildman–Crippen LogP) is 4.13. The van der Waals surface area contributed by atoms with Crippen molar-refractivity contribution in [3.63, 3.8) is 0 Å². The fourth-order valence-electron chi connectivity index (χ4n) is 3.17. The minimum atomic E-state index is -0.832. The molecule has 112 valence electrons. The van der Waals surface area contributed by atoms with E-state index in [0.29, 0.717) is 18.8 Å². The van der Waals surface area contributed by atoms with Gasteiger partial charge < -0.3 is 10.4 Å². The Labute approximate surface area is 128 Å². The molecule has 1 aromatic carbocycles. The number of aromatic nitrogens is 1. The Kier molecular flexibility index (Phi) is 3.85. The number of aliphatic carboxylic acids is 1. The first kappa shape index (κ1) is 14.3. The Bertz CT molecular complexity index is 645. The Morgan fingerprint density at radius 2 is 2.14 bits per heavy atom. The molecular weight excluding hydrogens is 284 g/mol. The topological polar surface area (TPSA) is 62.2 Å². The monoisotopic (exact) mass is 304 g/mol. The van der Waals surface area contributed by atoms with Gasteiger partial charge in [-0.25, -0.2) is 4.79 Å². The van der Waals surface area contributed by atoms with Gasteiger partial charge in [0.2, 0.25) is 0 Å². The van der Waals surface area contributed by atoms with Crippen LogP contribution in [-0.4, -0.2) is 21.0 Å². The summed E-state index contributed by atoms with van der Waals surface area (Å²) in [7, 11) is 0. The largest absolute Gasteiger partial charge is 0.480 e. The summed E-state index contributed by atoms with van der Waals surface area (Å²) < 4.78 is 4.39. The van der Waals surface area contributed by atoms with Crippen LogP contribution in [0.4, 0.5) is 5.00 Å². The number of carboxylic acid groups (broad SMARTS) is 1. The van der Waals surface area contributed by atoms with Gasteiger partial charge in [-0.3, -0.25) is 0 Å². The fourth-order valence-corrected chi connectivity index (χ4v) is 4.03. The molecule has 0 unspecified atom stereocenters. The minimum Gasteiger partial charge on any atom is -0.480 e. The highest BCUT2D eigenvalue weighted by Crippen LogP contribution is 2.39. The van der Waals surface area contributed by atoms with E-state index in [0.717, 1.165) is 35.2 Å². The molecule has 0 atom stereocenters. The second kappa shape index (κ2) is 5.64. The van der Waals surface area contributed by atoms with E-state index in [-0.39, 0.29) is 0 Å².